The first kappa shape index (κ1) is 31.0. The first-order chi connectivity index (χ1) is 16.6. The van der Waals surface area contributed by atoms with Crippen molar-refractivity contribution in [2.24, 2.45) is 0 Å². The second kappa shape index (κ2) is 9.80. The molecule has 2 aromatic carbocycles. The molecule has 38 heavy (non-hydrogen) atoms. The van der Waals surface area contributed by atoms with E-state index in [0.29, 0.717) is 0 Å². The van der Waals surface area contributed by atoms with Crippen molar-refractivity contribution in [2.45, 2.75) is 24.7 Å². The van der Waals surface area contributed by atoms with Gasteiger partial charge in [0.05, 0.1) is 22.4 Å². The van der Waals surface area contributed by atoms with Gasteiger partial charge in [-0.3, -0.25) is 4.79 Å². The third-order valence-electron chi connectivity index (χ3n) is 4.66. The molecule has 3 rings (SSSR count). The van der Waals surface area contributed by atoms with Gasteiger partial charge in [-0.2, -0.15) is 62.5 Å². The molecule has 1 heterocycles. The average molecular weight is 609 g/mol. The molecule has 0 bridgehead atoms. The van der Waals surface area contributed by atoms with Gasteiger partial charge in [0, 0.05) is 22.6 Å². The summed E-state index contributed by atoms with van der Waals surface area (Å²) in [6, 6.07) is -0.457. The van der Waals surface area contributed by atoms with Crippen molar-refractivity contribution in [1.29, 1.82) is 0 Å². The number of hydrogen-bond donors (Lipinski definition) is 1. The second-order valence-electron chi connectivity index (χ2n) is 7.28. The first-order valence-electron chi connectivity index (χ1n) is 9.22. The third-order valence-corrected chi connectivity index (χ3v) is 4.66. The largest absolute Gasteiger partial charge is 0.493 e. The van der Waals surface area contributed by atoms with Crippen LogP contribution in [0.2, 0.25) is 0 Å². The van der Waals surface area contributed by atoms with E-state index in [1.54, 1.807) is 0 Å². The standard InChI is InChI=1S/C20H7F13N2O2.Mn/c21-11-2-7(1-8(4-11)17(22,23)24)14-13(15(36)20(31,32)33)16(37)35(34-14)12-5-9(18(25,26)27)3-10(6-12)19(28,29)30;/h1-6,37H;. The first-order valence-corrected chi connectivity index (χ1v) is 9.22. The van der Waals surface area contributed by atoms with E-state index in [1.165, 1.54) is 0 Å². The number of carbonyl (C=O) groups excluding carboxylic acids is 1. The van der Waals surface area contributed by atoms with Crippen LogP contribution in [0.15, 0.2) is 36.4 Å². The molecule has 1 radical (unpaired) electrons. The maximum Gasteiger partial charge on any atom is 0.455 e. The van der Waals surface area contributed by atoms with E-state index in [2.05, 4.69) is 5.10 Å². The molecule has 18 heteroatoms. The molecule has 0 unspecified atom stereocenters. The Hall–Kier alpha value is -3.27. The zero-order valence-electron chi connectivity index (χ0n) is 17.5. The topological polar surface area (TPSA) is 55.1 Å². The van der Waals surface area contributed by atoms with Crippen LogP contribution in [0.1, 0.15) is 27.0 Å². The number of Topliss-reactive ketones (excluding diaryl/α,β-unsaturated/α-hetero) is 1. The number of carbonyl (C=O) groups is 1. The molecule has 3 aromatic rings. The maximum absolute atomic E-state index is 13.9. The second-order valence-corrected chi connectivity index (χ2v) is 7.28. The Morgan fingerprint density at radius 1 is 0.711 bits per heavy atom. The molecule has 0 amide bonds. The van der Waals surface area contributed by atoms with Crippen LogP contribution in [0.25, 0.3) is 16.9 Å². The van der Waals surface area contributed by atoms with Gasteiger partial charge >= 0.3 is 24.7 Å². The summed E-state index contributed by atoms with van der Waals surface area (Å²) < 4.78 is 171. The Morgan fingerprint density at radius 3 is 1.58 bits per heavy atom. The zero-order chi connectivity index (χ0) is 28.3. The fourth-order valence-corrected chi connectivity index (χ4v) is 3.09. The van der Waals surface area contributed by atoms with Crippen molar-refractivity contribution >= 4 is 5.78 Å². The van der Waals surface area contributed by atoms with E-state index in [9.17, 15) is 67.0 Å². The minimum absolute atomic E-state index is 0. The van der Waals surface area contributed by atoms with Crippen LogP contribution in [-0.4, -0.2) is 26.8 Å². The summed E-state index contributed by atoms with van der Waals surface area (Å²) in [4.78, 5) is 11.9. The van der Waals surface area contributed by atoms with Gasteiger partial charge < -0.3 is 5.11 Å². The molecule has 0 aliphatic heterocycles. The van der Waals surface area contributed by atoms with Gasteiger partial charge in [-0.25, -0.2) is 4.39 Å². The van der Waals surface area contributed by atoms with Gasteiger partial charge in [-0.05, 0) is 36.4 Å². The summed E-state index contributed by atoms with van der Waals surface area (Å²) in [5, 5.41) is 13.4. The van der Waals surface area contributed by atoms with Crippen LogP contribution in [0.5, 0.6) is 5.88 Å². The molecule has 0 fully saturated rings. The number of ketones is 1. The van der Waals surface area contributed by atoms with Gasteiger partial charge in [0.15, 0.2) is 0 Å². The number of aromatic hydroxyl groups is 1. The molecule has 0 spiro atoms. The molecule has 0 saturated carbocycles. The van der Waals surface area contributed by atoms with Crippen LogP contribution < -0.4 is 0 Å². The number of rotatable bonds is 3. The summed E-state index contributed by atoms with van der Waals surface area (Å²) in [5.41, 5.74) is -11.8. The summed E-state index contributed by atoms with van der Waals surface area (Å²) in [6.45, 7) is 0. The Labute approximate surface area is 212 Å². The molecule has 207 valence electrons. The fourth-order valence-electron chi connectivity index (χ4n) is 3.09. The van der Waals surface area contributed by atoms with E-state index in [4.69, 9.17) is 0 Å². The molecule has 0 atom stereocenters. The van der Waals surface area contributed by atoms with E-state index in [0.717, 1.165) is 0 Å². The summed E-state index contributed by atoms with van der Waals surface area (Å²) >= 11 is 0. The molecule has 0 aliphatic rings. The molecule has 1 aromatic heterocycles. The normalized spacial score (nSPS) is 12.9. The molecule has 4 nitrogen and oxygen atoms in total. The fraction of sp³-hybridized carbons (Fsp3) is 0.200. The maximum atomic E-state index is 13.9. The number of alkyl halides is 12. The molecular weight excluding hydrogens is 602 g/mol. The Kier molecular flexibility index (Phi) is 7.98. The molecule has 0 saturated heterocycles. The minimum Gasteiger partial charge on any atom is -0.493 e. The van der Waals surface area contributed by atoms with E-state index >= 15 is 0 Å². The van der Waals surface area contributed by atoms with Crippen LogP contribution in [-0.2, 0) is 35.6 Å². The van der Waals surface area contributed by atoms with Crippen LogP contribution in [0, 0.1) is 5.82 Å². The van der Waals surface area contributed by atoms with Gasteiger partial charge in [0.2, 0.25) is 5.88 Å². The average Bonchev–Trinajstić information content (AvgIpc) is 3.06. The van der Waals surface area contributed by atoms with E-state index in [-0.39, 0.29) is 58.1 Å². The monoisotopic (exact) mass is 609 g/mol. The van der Waals surface area contributed by atoms with Gasteiger partial charge in [-0.15, -0.1) is 0 Å². The van der Waals surface area contributed by atoms with Crippen molar-refractivity contribution in [2.75, 3.05) is 0 Å². The smallest absolute Gasteiger partial charge is 0.455 e. The van der Waals surface area contributed by atoms with Crippen LogP contribution >= 0.6 is 0 Å². The van der Waals surface area contributed by atoms with Crippen molar-refractivity contribution in [3.05, 3.63) is 64.5 Å². The number of aromatic nitrogens is 2. The molecule has 0 aliphatic carbocycles. The summed E-state index contributed by atoms with van der Waals surface area (Å²) in [5.74, 6) is -6.66. The Morgan fingerprint density at radius 2 is 1.16 bits per heavy atom. The van der Waals surface area contributed by atoms with E-state index in [1.807, 2.05) is 0 Å². The van der Waals surface area contributed by atoms with E-state index < -0.39 is 81.4 Å². The van der Waals surface area contributed by atoms with Crippen LogP contribution in [0.3, 0.4) is 0 Å². The van der Waals surface area contributed by atoms with Crippen molar-refractivity contribution in [3.63, 3.8) is 0 Å². The zero-order valence-corrected chi connectivity index (χ0v) is 18.7. The molecular formula is C20H7F13MnN2O2. The minimum atomic E-state index is -5.86. The SMILES string of the molecule is O=C(c1c(-c2cc(F)cc(C(F)(F)F)c2)nn(-c2cc(C(F)(F)F)cc(C(F)(F)F)c2)c1O)C(F)(F)F.[Mn]. The Bertz CT molecular complexity index is 1340. The molecule has 1 N–H and O–H groups in total. The quantitative estimate of drug-likeness (QED) is 0.195. The number of benzene rings is 2. The predicted octanol–water partition coefficient (Wildman–Crippen LogP) is 7.18. The van der Waals surface area contributed by atoms with Gasteiger partial charge in [-0.1, -0.05) is 0 Å². The van der Waals surface area contributed by atoms with Gasteiger partial charge in [0.1, 0.15) is 17.1 Å². The van der Waals surface area contributed by atoms with Crippen molar-refractivity contribution in [1.82, 2.24) is 9.78 Å². The van der Waals surface area contributed by atoms with Crippen molar-refractivity contribution < 1.29 is 84.0 Å². The van der Waals surface area contributed by atoms with Gasteiger partial charge in [0.25, 0.3) is 5.78 Å². The number of hydrogen-bond acceptors (Lipinski definition) is 3. The summed E-state index contributed by atoms with van der Waals surface area (Å²) in [7, 11) is 0. The number of halogens is 13. The van der Waals surface area contributed by atoms with Crippen molar-refractivity contribution in [3.8, 4) is 22.8 Å². The number of nitrogens with zero attached hydrogens (tertiary/aromatic N) is 2. The summed E-state index contributed by atoms with van der Waals surface area (Å²) in [6.07, 6.45) is -22.0. The third kappa shape index (κ3) is 6.23. The Balaban J connectivity index is 0.00000507. The predicted molar refractivity (Wildman–Crippen MR) is 96.0 cm³/mol. The van der Waals surface area contributed by atoms with Crippen LogP contribution in [0.4, 0.5) is 57.1 Å².